The molecule has 33 heavy (non-hydrogen) atoms. The van der Waals surface area contributed by atoms with E-state index < -0.39 is 17.7 Å². The fourth-order valence-electron chi connectivity index (χ4n) is 4.89. The number of hydrogen-bond donors (Lipinski definition) is 3. The molecule has 2 saturated heterocycles. The molecular formula is C22H29ClFN7O2. The summed E-state index contributed by atoms with van der Waals surface area (Å²) in [5, 5.41) is 26.2. The van der Waals surface area contributed by atoms with Crippen LogP contribution in [-0.2, 0) is 10.2 Å². The van der Waals surface area contributed by atoms with Crippen molar-refractivity contribution in [3.05, 3.63) is 22.5 Å². The van der Waals surface area contributed by atoms with Gasteiger partial charge in [0.05, 0.1) is 28.6 Å². The van der Waals surface area contributed by atoms with Crippen molar-refractivity contribution in [2.24, 2.45) is 0 Å². The Kier molecular flexibility index (Phi) is 6.49. The fraction of sp³-hybridized carbons (Fsp3) is 0.636. The van der Waals surface area contributed by atoms with Crippen LogP contribution < -0.4 is 11.1 Å². The van der Waals surface area contributed by atoms with E-state index in [1.807, 2.05) is 0 Å². The highest BCUT2D eigenvalue weighted by Gasteiger charge is 2.47. The number of carbonyl (C=O) groups excluding carboxylic acids is 1. The quantitative estimate of drug-likeness (QED) is 0.615. The van der Waals surface area contributed by atoms with E-state index in [4.69, 9.17) is 17.3 Å². The van der Waals surface area contributed by atoms with E-state index in [1.54, 1.807) is 10.7 Å². The Morgan fingerprint density at radius 1 is 1.45 bits per heavy atom. The van der Waals surface area contributed by atoms with E-state index in [2.05, 4.69) is 28.4 Å². The number of anilines is 1. The molecule has 0 bridgehead atoms. The number of aliphatic hydroxyl groups excluding tert-OH is 1. The number of nitrogens with two attached hydrogens (primary N) is 1. The van der Waals surface area contributed by atoms with Crippen LogP contribution in [0.3, 0.4) is 0 Å². The molecule has 1 atom stereocenters. The Morgan fingerprint density at radius 2 is 2.18 bits per heavy atom. The van der Waals surface area contributed by atoms with Gasteiger partial charge in [-0.2, -0.15) is 5.26 Å². The van der Waals surface area contributed by atoms with Crippen LogP contribution >= 0.6 is 11.6 Å². The lowest BCUT2D eigenvalue weighted by atomic mass is 9.64. The lowest BCUT2D eigenvalue weighted by Crippen LogP contribution is -2.66. The zero-order chi connectivity index (χ0) is 23.8. The van der Waals surface area contributed by atoms with Gasteiger partial charge in [0.2, 0.25) is 11.6 Å². The highest BCUT2D eigenvalue weighted by atomic mass is 35.5. The van der Waals surface area contributed by atoms with E-state index in [1.165, 1.54) is 11.3 Å². The topological polar surface area (TPSA) is 133 Å². The standard InChI is InChI=1S/C13H14ClN5.C9H15FN2O2/c1-2-13(4-3-5-13)11-8(6-15)10(14)9-7-17-12(16)18-19(9)11;10-9(5-11-6-9)8(14)12-3-1-2-7(13)4-12/h7H,2-5H2,1H3,(H2,16,18);7,11,13H,1-6H2. The molecule has 11 heteroatoms. The van der Waals surface area contributed by atoms with E-state index in [0.717, 1.165) is 31.4 Å². The number of nitrogens with zero attached hydrogens (tertiary/aromatic N) is 5. The van der Waals surface area contributed by atoms with Crippen molar-refractivity contribution in [2.75, 3.05) is 31.9 Å². The second-order valence-corrected chi connectivity index (χ2v) is 9.54. The predicted molar refractivity (Wildman–Crippen MR) is 121 cm³/mol. The summed E-state index contributed by atoms with van der Waals surface area (Å²) in [6, 6.07) is 2.22. The van der Waals surface area contributed by atoms with E-state index >= 15 is 0 Å². The maximum absolute atomic E-state index is 13.7. The average molecular weight is 478 g/mol. The molecular weight excluding hydrogens is 449 g/mol. The van der Waals surface area contributed by atoms with E-state index in [-0.39, 0.29) is 31.0 Å². The third-order valence-corrected chi connectivity index (χ3v) is 7.50. The molecule has 2 aromatic heterocycles. The number of aliphatic hydroxyl groups is 1. The largest absolute Gasteiger partial charge is 0.391 e. The molecule has 1 unspecified atom stereocenters. The number of carbonyl (C=O) groups is 1. The van der Waals surface area contributed by atoms with Gasteiger partial charge >= 0.3 is 0 Å². The summed E-state index contributed by atoms with van der Waals surface area (Å²) in [5.74, 6) is -0.273. The summed E-state index contributed by atoms with van der Waals surface area (Å²) in [7, 11) is 0. The molecule has 2 aromatic rings. The van der Waals surface area contributed by atoms with Crippen molar-refractivity contribution < 1.29 is 14.3 Å². The number of rotatable bonds is 3. The van der Waals surface area contributed by atoms with E-state index in [0.29, 0.717) is 29.1 Å². The van der Waals surface area contributed by atoms with Crippen LogP contribution in [0, 0.1) is 11.3 Å². The maximum Gasteiger partial charge on any atom is 0.263 e. The highest BCUT2D eigenvalue weighted by molar-refractivity contribution is 6.35. The number of nitrogens with one attached hydrogen (secondary N) is 1. The van der Waals surface area contributed by atoms with Crippen LogP contribution in [0.4, 0.5) is 10.3 Å². The van der Waals surface area contributed by atoms with Crippen molar-refractivity contribution >= 4 is 29.0 Å². The monoisotopic (exact) mass is 477 g/mol. The molecule has 4 N–H and O–H groups in total. The first-order chi connectivity index (χ1) is 15.7. The number of amides is 1. The van der Waals surface area contributed by atoms with Crippen molar-refractivity contribution in [2.45, 2.75) is 62.6 Å². The average Bonchev–Trinajstić information content (AvgIpc) is 3.03. The van der Waals surface area contributed by atoms with Crippen LogP contribution in [0.1, 0.15) is 56.7 Å². The van der Waals surface area contributed by atoms with Gasteiger partial charge in [-0.3, -0.25) is 4.79 Å². The smallest absolute Gasteiger partial charge is 0.263 e. The Hall–Kier alpha value is -2.48. The van der Waals surface area contributed by atoms with Crippen LogP contribution in [0.2, 0.25) is 5.02 Å². The molecule has 0 aromatic carbocycles. The molecule has 178 valence electrons. The molecule has 1 amide bonds. The Morgan fingerprint density at radius 3 is 2.70 bits per heavy atom. The Labute approximate surface area is 196 Å². The second-order valence-electron chi connectivity index (χ2n) is 9.17. The minimum atomic E-state index is -1.71. The van der Waals surface area contributed by atoms with Crippen LogP contribution in [-0.4, -0.2) is 68.5 Å². The van der Waals surface area contributed by atoms with Crippen LogP contribution in [0.25, 0.3) is 5.52 Å². The highest BCUT2D eigenvalue weighted by Crippen LogP contribution is 2.49. The molecule has 2 aliphatic heterocycles. The van der Waals surface area contributed by atoms with Gasteiger partial charge < -0.3 is 21.1 Å². The number of β-amino-alcohol motifs (C(OH)–C–C–N with tert-alkyl or cyclic N) is 1. The summed E-state index contributed by atoms with van der Waals surface area (Å²) in [6.45, 7) is 3.21. The lowest BCUT2D eigenvalue weighted by molar-refractivity contribution is -0.150. The van der Waals surface area contributed by atoms with Crippen molar-refractivity contribution in [1.29, 1.82) is 5.26 Å². The van der Waals surface area contributed by atoms with Gasteiger partial charge in [-0.15, -0.1) is 5.10 Å². The second kappa shape index (κ2) is 9.05. The van der Waals surface area contributed by atoms with Gasteiger partial charge in [0.25, 0.3) is 5.91 Å². The lowest BCUT2D eigenvalue weighted by Gasteiger charge is -2.41. The number of hydrogen-bond acceptors (Lipinski definition) is 7. The first-order valence-corrected chi connectivity index (χ1v) is 11.7. The van der Waals surface area contributed by atoms with Crippen LogP contribution in [0.5, 0.6) is 0 Å². The summed E-state index contributed by atoms with van der Waals surface area (Å²) in [5.41, 5.74) is 6.03. The third kappa shape index (κ3) is 4.14. The number of halogens is 2. The Bertz CT molecular complexity index is 1090. The van der Waals surface area contributed by atoms with Crippen molar-refractivity contribution in [3.8, 4) is 6.07 Å². The molecule has 9 nitrogen and oxygen atoms in total. The van der Waals surface area contributed by atoms with Crippen molar-refractivity contribution in [3.63, 3.8) is 0 Å². The summed E-state index contributed by atoms with van der Waals surface area (Å²) in [4.78, 5) is 17.0. The van der Waals surface area contributed by atoms with Gasteiger partial charge in [-0.1, -0.05) is 24.9 Å². The number of nitrogen functional groups attached to an aromatic ring is 1. The molecule has 5 rings (SSSR count). The predicted octanol–water partition coefficient (Wildman–Crippen LogP) is 1.95. The normalized spacial score (nSPS) is 23.0. The number of nitriles is 1. The first-order valence-electron chi connectivity index (χ1n) is 11.3. The zero-order valence-corrected chi connectivity index (χ0v) is 19.4. The molecule has 4 heterocycles. The van der Waals surface area contributed by atoms with Crippen molar-refractivity contribution in [1.82, 2.24) is 24.8 Å². The molecule has 1 saturated carbocycles. The fourth-order valence-corrected chi connectivity index (χ4v) is 5.15. The zero-order valence-electron chi connectivity index (χ0n) is 18.7. The van der Waals surface area contributed by atoms with Gasteiger partial charge in [0, 0.05) is 31.6 Å². The molecule has 0 radical (unpaired) electrons. The summed E-state index contributed by atoms with van der Waals surface area (Å²) in [6.07, 6.45) is 6.83. The number of piperidine rings is 1. The Balaban J connectivity index is 0.000000165. The van der Waals surface area contributed by atoms with Gasteiger partial charge in [0.15, 0.2) is 0 Å². The molecule has 3 fully saturated rings. The number of fused-ring (bicyclic) bond motifs is 1. The minimum absolute atomic E-state index is 0.00190. The minimum Gasteiger partial charge on any atom is -0.391 e. The van der Waals surface area contributed by atoms with Gasteiger partial charge in [0.1, 0.15) is 11.6 Å². The molecule has 1 aliphatic carbocycles. The maximum atomic E-state index is 13.7. The molecule has 0 spiro atoms. The number of alkyl halides is 1. The summed E-state index contributed by atoms with van der Waals surface area (Å²) >= 11 is 6.29. The number of likely N-dealkylation sites (tertiary alicyclic amines) is 1. The third-order valence-electron chi connectivity index (χ3n) is 7.12. The number of aromatic nitrogens is 3. The summed E-state index contributed by atoms with van der Waals surface area (Å²) < 4.78 is 15.4. The molecule has 3 aliphatic rings. The van der Waals surface area contributed by atoms with Gasteiger partial charge in [-0.05, 0) is 32.1 Å². The van der Waals surface area contributed by atoms with Crippen LogP contribution in [0.15, 0.2) is 6.20 Å². The van der Waals surface area contributed by atoms with Gasteiger partial charge in [-0.25, -0.2) is 13.9 Å². The first kappa shape index (κ1) is 23.7. The van der Waals surface area contributed by atoms with E-state index in [9.17, 15) is 19.6 Å². The SMILES string of the molecule is CCC1(c2c(C#N)c(Cl)c3cnc(N)nn23)CCC1.O=C(N1CCCC(O)C1)C1(F)CNC1.